The van der Waals surface area contributed by atoms with Crippen LogP contribution in [0.4, 0.5) is 5.69 Å². The number of anilines is 1. The van der Waals surface area contributed by atoms with E-state index in [0.29, 0.717) is 42.0 Å². The van der Waals surface area contributed by atoms with E-state index in [1.54, 1.807) is 32.4 Å². The molecule has 0 bridgehead atoms. The number of carbonyl (C=O) groups is 1. The molecule has 26 heavy (non-hydrogen) atoms. The van der Waals surface area contributed by atoms with Crippen LogP contribution in [0.15, 0.2) is 18.2 Å². The van der Waals surface area contributed by atoms with E-state index in [2.05, 4.69) is 10.4 Å². The highest BCUT2D eigenvalue weighted by Gasteiger charge is 2.29. The summed E-state index contributed by atoms with van der Waals surface area (Å²) in [5.41, 5.74) is 3.07. The van der Waals surface area contributed by atoms with E-state index < -0.39 is 0 Å². The summed E-state index contributed by atoms with van der Waals surface area (Å²) in [6.07, 6.45) is 3.29. The van der Waals surface area contributed by atoms with E-state index in [9.17, 15) is 4.79 Å². The van der Waals surface area contributed by atoms with E-state index in [1.807, 2.05) is 4.68 Å². The molecule has 1 fully saturated rings. The lowest BCUT2D eigenvalue weighted by molar-refractivity contribution is 0.0983. The topological polar surface area (TPSA) is 74.6 Å². The first-order valence-electron chi connectivity index (χ1n) is 8.89. The third kappa shape index (κ3) is 3.26. The second-order valence-corrected chi connectivity index (χ2v) is 6.72. The zero-order valence-electron chi connectivity index (χ0n) is 15.1. The minimum atomic E-state index is -0.246. The molecule has 138 valence electrons. The van der Waals surface area contributed by atoms with Crippen LogP contribution < -0.4 is 14.8 Å². The predicted molar refractivity (Wildman–Crippen MR) is 95.8 cm³/mol. The van der Waals surface area contributed by atoms with Crippen LogP contribution in [0, 0.1) is 5.92 Å². The van der Waals surface area contributed by atoms with E-state index in [-0.39, 0.29) is 5.91 Å². The van der Waals surface area contributed by atoms with E-state index >= 15 is 0 Å². The van der Waals surface area contributed by atoms with Gasteiger partial charge in [-0.25, -0.2) is 0 Å². The molecule has 2 aromatic rings. The van der Waals surface area contributed by atoms with E-state index in [0.717, 1.165) is 24.2 Å². The molecule has 1 N–H and O–H groups in total. The van der Waals surface area contributed by atoms with Crippen LogP contribution in [0.25, 0.3) is 0 Å². The molecule has 0 atom stereocenters. The molecule has 2 heterocycles. The molecule has 0 saturated heterocycles. The van der Waals surface area contributed by atoms with Gasteiger partial charge in [0.05, 0.1) is 33.1 Å². The average Bonchev–Trinajstić information content (AvgIpc) is 3.42. The van der Waals surface area contributed by atoms with Crippen LogP contribution in [-0.2, 0) is 24.3 Å². The van der Waals surface area contributed by atoms with Crippen molar-refractivity contribution in [2.45, 2.75) is 32.4 Å². The Balaban J connectivity index is 1.61. The minimum Gasteiger partial charge on any atom is -0.497 e. The van der Waals surface area contributed by atoms with Crippen molar-refractivity contribution in [1.82, 2.24) is 9.78 Å². The van der Waals surface area contributed by atoms with Gasteiger partial charge >= 0.3 is 0 Å². The molecule has 0 spiro atoms. The predicted octanol–water partition coefficient (Wildman–Crippen LogP) is 2.64. The van der Waals surface area contributed by atoms with Crippen molar-refractivity contribution in [3.8, 4) is 11.5 Å². The Morgan fingerprint density at radius 2 is 2.19 bits per heavy atom. The Bertz CT molecular complexity index is 826. The molecule has 2 aliphatic rings. The number of ether oxygens (including phenoxy) is 3. The van der Waals surface area contributed by atoms with Crippen molar-refractivity contribution in [2.75, 3.05) is 26.1 Å². The summed E-state index contributed by atoms with van der Waals surface area (Å²) in [4.78, 5) is 12.9. The number of aromatic nitrogens is 2. The summed E-state index contributed by atoms with van der Waals surface area (Å²) in [7, 11) is 3.15. The summed E-state index contributed by atoms with van der Waals surface area (Å²) in [6, 6.07) is 5.28. The molecule has 7 heteroatoms. The number of rotatable bonds is 6. The molecular weight excluding hydrogens is 334 g/mol. The third-order valence-electron chi connectivity index (χ3n) is 4.90. The van der Waals surface area contributed by atoms with Gasteiger partial charge in [0, 0.05) is 30.3 Å². The van der Waals surface area contributed by atoms with Gasteiger partial charge in [0.15, 0.2) is 5.69 Å². The van der Waals surface area contributed by atoms with Gasteiger partial charge in [-0.1, -0.05) is 0 Å². The van der Waals surface area contributed by atoms with Crippen LogP contribution >= 0.6 is 0 Å². The minimum absolute atomic E-state index is 0.246. The molecule has 1 aromatic heterocycles. The van der Waals surface area contributed by atoms with Crippen molar-refractivity contribution in [1.29, 1.82) is 0 Å². The Morgan fingerprint density at radius 3 is 2.92 bits per heavy atom. The van der Waals surface area contributed by atoms with Gasteiger partial charge in [0.25, 0.3) is 5.91 Å². The molecule has 0 radical (unpaired) electrons. The van der Waals surface area contributed by atoms with Crippen LogP contribution in [0.1, 0.15) is 34.6 Å². The molecule has 1 amide bonds. The fourth-order valence-corrected chi connectivity index (χ4v) is 3.27. The maximum Gasteiger partial charge on any atom is 0.276 e. The fraction of sp³-hybridized carbons (Fsp3) is 0.474. The first-order chi connectivity index (χ1) is 12.7. The van der Waals surface area contributed by atoms with Gasteiger partial charge in [-0.3, -0.25) is 9.48 Å². The third-order valence-corrected chi connectivity index (χ3v) is 4.90. The van der Waals surface area contributed by atoms with Crippen LogP contribution in [-0.4, -0.2) is 36.5 Å². The molecule has 1 aliphatic carbocycles. The van der Waals surface area contributed by atoms with Gasteiger partial charge in [-0.2, -0.15) is 5.10 Å². The highest BCUT2D eigenvalue weighted by atomic mass is 16.5. The van der Waals surface area contributed by atoms with Gasteiger partial charge in [0.2, 0.25) is 0 Å². The Morgan fingerprint density at radius 1 is 1.35 bits per heavy atom. The Hall–Kier alpha value is -2.54. The van der Waals surface area contributed by atoms with Gasteiger partial charge < -0.3 is 19.5 Å². The number of fused-ring (bicyclic) bond motifs is 1. The Kier molecular flexibility index (Phi) is 4.55. The first-order valence-corrected chi connectivity index (χ1v) is 8.89. The molecular formula is C19H23N3O4. The lowest BCUT2D eigenvalue weighted by Crippen LogP contribution is -2.17. The van der Waals surface area contributed by atoms with Crippen molar-refractivity contribution in [3.05, 3.63) is 35.2 Å². The fourth-order valence-electron chi connectivity index (χ4n) is 3.27. The van der Waals surface area contributed by atoms with Crippen molar-refractivity contribution >= 4 is 11.6 Å². The van der Waals surface area contributed by atoms with Crippen molar-refractivity contribution in [2.24, 2.45) is 5.92 Å². The van der Waals surface area contributed by atoms with Gasteiger partial charge in [0.1, 0.15) is 11.5 Å². The molecule has 1 aromatic carbocycles. The lowest BCUT2D eigenvalue weighted by atomic mass is 10.1. The average molecular weight is 357 g/mol. The zero-order chi connectivity index (χ0) is 18.1. The maximum atomic E-state index is 12.9. The number of benzene rings is 1. The number of carbonyl (C=O) groups excluding carboxylic acids is 1. The monoisotopic (exact) mass is 357 g/mol. The summed E-state index contributed by atoms with van der Waals surface area (Å²) in [6.45, 7) is 2.00. The molecule has 7 nitrogen and oxygen atoms in total. The maximum absolute atomic E-state index is 12.9. The SMILES string of the molecule is COc1ccc(NC(=O)c2nn(CC3CC3)c3c2COCC3)c(OC)c1. The van der Waals surface area contributed by atoms with Crippen LogP contribution in [0.3, 0.4) is 0 Å². The second kappa shape index (κ2) is 6.99. The Labute approximate surface area is 152 Å². The highest BCUT2D eigenvalue weighted by Crippen LogP contribution is 2.33. The summed E-state index contributed by atoms with van der Waals surface area (Å²) in [5, 5.41) is 7.53. The quantitative estimate of drug-likeness (QED) is 0.860. The number of amides is 1. The van der Waals surface area contributed by atoms with Crippen LogP contribution in [0.5, 0.6) is 11.5 Å². The number of nitrogens with one attached hydrogen (secondary N) is 1. The van der Waals surface area contributed by atoms with Crippen molar-refractivity contribution in [3.63, 3.8) is 0 Å². The van der Waals surface area contributed by atoms with Crippen LogP contribution in [0.2, 0.25) is 0 Å². The summed E-state index contributed by atoms with van der Waals surface area (Å²) >= 11 is 0. The standard InChI is InChI=1S/C19H23N3O4/c1-24-13-5-6-15(17(9-13)25-2)20-19(23)18-14-11-26-8-7-16(14)22(21-18)10-12-3-4-12/h5-6,9,12H,3-4,7-8,10-11H2,1-2H3,(H,20,23). The molecule has 0 unspecified atom stereocenters. The van der Waals surface area contributed by atoms with Gasteiger partial charge in [-0.15, -0.1) is 0 Å². The zero-order valence-corrected chi connectivity index (χ0v) is 15.1. The first kappa shape index (κ1) is 16.9. The van der Waals surface area contributed by atoms with Crippen molar-refractivity contribution < 1.29 is 19.0 Å². The number of nitrogens with zero attached hydrogens (tertiary/aromatic N) is 2. The molecule has 1 saturated carbocycles. The largest absolute Gasteiger partial charge is 0.497 e. The normalized spacial score (nSPS) is 16.1. The summed E-state index contributed by atoms with van der Waals surface area (Å²) < 4.78 is 18.1. The van der Waals surface area contributed by atoms with Gasteiger partial charge in [-0.05, 0) is 30.9 Å². The van der Waals surface area contributed by atoms with E-state index in [4.69, 9.17) is 14.2 Å². The number of hydrogen-bond donors (Lipinski definition) is 1. The summed E-state index contributed by atoms with van der Waals surface area (Å²) in [5.74, 6) is 1.66. The number of methoxy groups -OCH3 is 2. The second-order valence-electron chi connectivity index (χ2n) is 6.72. The smallest absolute Gasteiger partial charge is 0.276 e. The molecule has 4 rings (SSSR count). The highest BCUT2D eigenvalue weighted by molar-refractivity contribution is 6.04. The lowest BCUT2D eigenvalue weighted by Gasteiger charge is -2.15. The number of hydrogen-bond acceptors (Lipinski definition) is 5. The molecule has 1 aliphatic heterocycles. The van der Waals surface area contributed by atoms with E-state index in [1.165, 1.54) is 12.8 Å².